The predicted octanol–water partition coefficient (Wildman–Crippen LogP) is 11.3. The van der Waals surface area contributed by atoms with Gasteiger partial charge in [-0.2, -0.15) is 0 Å². The Hall–Kier alpha value is -5.15. The van der Waals surface area contributed by atoms with Crippen LogP contribution in [0.15, 0.2) is 134 Å². The van der Waals surface area contributed by atoms with Crippen molar-refractivity contribution in [1.82, 2.24) is 9.97 Å². The van der Waals surface area contributed by atoms with Gasteiger partial charge in [0, 0.05) is 54.9 Å². The maximum atomic E-state index is 4.67. The van der Waals surface area contributed by atoms with Gasteiger partial charge in [0.2, 0.25) is 0 Å². The quantitative estimate of drug-likeness (QED) is 0.162. The van der Waals surface area contributed by atoms with Crippen LogP contribution in [0.2, 0.25) is 0 Å². The molecule has 0 fully saturated rings. The summed E-state index contributed by atoms with van der Waals surface area (Å²) in [5.74, 6) is 0.249. The van der Waals surface area contributed by atoms with Crippen molar-refractivity contribution in [1.29, 1.82) is 0 Å². The number of anilines is 3. The van der Waals surface area contributed by atoms with Crippen LogP contribution in [-0.4, -0.2) is 9.97 Å². The van der Waals surface area contributed by atoms with Gasteiger partial charge in [0.1, 0.15) is 0 Å². The first kappa shape index (κ1) is 31.8. The van der Waals surface area contributed by atoms with E-state index in [1.807, 2.05) is 48.8 Å². The molecule has 0 amide bonds. The summed E-state index contributed by atoms with van der Waals surface area (Å²) < 4.78 is 0. The van der Waals surface area contributed by atoms with Crippen LogP contribution in [0.1, 0.15) is 72.6 Å². The van der Waals surface area contributed by atoms with E-state index in [9.17, 15) is 0 Å². The van der Waals surface area contributed by atoms with Crippen LogP contribution in [0, 0.1) is 12.1 Å². The van der Waals surface area contributed by atoms with Crippen LogP contribution in [0.4, 0.5) is 17.1 Å². The van der Waals surface area contributed by atoms with Gasteiger partial charge in [0.25, 0.3) is 0 Å². The first-order chi connectivity index (χ1) is 24.3. The molecular weight excluding hydrogens is 799 g/mol. The summed E-state index contributed by atoms with van der Waals surface area (Å²) in [6.07, 6.45) is 3.68. The van der Waals surface area contributed by atoms with Crippen LogP contribution >= 0.6 is 0 Å². The fourth-order valence-electron chi connectivity index (χ4n) is 9.07. The van der Waals surface area contributed by atoms with Crippen molar-refractivity contribution in [2.24, 2.45) is 0 Å². The molecule has 0 bridgehead atoms. The van der Waals surface area contributed by atoms with E-state index < -0.39 is 0 Å². The monoisotopic (exact) mass is 834 g/mol. The topological polar surface area (TPSA) is 29.0 Å². The smallest absolute Gasteiger partial charge is 0.0434 e. The molecule has 3 aliphatic rings. The molecule has 0 aliphatic heterocycles. The van der Waals surface area contributed by atoms with Gasteiger partial charge in [0.05, 0.1) is 0 Å². The summed E-state index contributed by atoms with van der Waals surface area (Å²) in [4.78, 5) is 11.7. The summed E-state index contributed by atoms with van der Waals surface area (Å²) in [7, 11) is 0. The summed E-state index contributed by atoms with van der Waals surface area (Å²) in [6, 6.07) is 51.1. The third kappa shape index (κ3) is 4.53. The molecule has 3 nitrogen and oxygen atoms in total. The van der Waals surface area contributed by atoms with Gasteiger partial charge in [0.15, 0.2) is 0 Å². The van der Waals surface area contributed by atoms with E-state index in [1.54, 1.807) is 0 Å². The van der Waals surface area contributed by atoms with Gasteiger partial charge in [-0.1, -0.05) is 88.4 Å². The predicted molar refractivity (Wildman–Crippen MR) is 202 cm³/mol. The van der Waals surface area contributed by atoms with E-state index in [1.165, 1.54) is 50.1 Å². The number of benzene rings is 5. The van der Waals surface area contributed by atoms with Crippen LogP contribution in [0.5, 0.6) is 0 Å². The Morgan fingerprint density at radius 3 is 1.43 bits per heavy atom. The van der Waals surface area contributed by atoms with Crippen molar-refractivity contribution in [3.05, 3.63) is 185 Å². The minimum absolute atomic E-state index is 0. The van der Waals surface area contributed by atoms with Gasteiger partial charge in [-0.05, 0) is 97.1 Å². The Labute approximate surface area is 313 Å². The Morgan fingerprint density at radius 2 is 0.980 bits per heavy atom. The van der Waals surface area contributed by atoms with E-state index in [-0.39, 0.29) is 36.9 Å². The zero-order valence-electron chi connectivity index (χ0n) is 29.0. The van der Waals surface area contributed by atoms with E-state index in [0.717, 1.165) is 39.6 Å². The minimum atomic E-state index is -0.206. The molecule has 51 heavy (non-hydrogen) atoms. The Balaban J connectivity index is 0.00000348. The molecule has 0 atom stereocenters. The Kier molecular flexibility index (Phi) is 7.13. The molecule has 1 radical (unpaired) electrons. The molecular formula is C47H35IrN3-2. The van der Waals surface area contributed by atoms with Crippen LogP contribution in [0.3, 0.4) is 0 Å². The molecule has 2 heterocycles. The summed E-state index contributed by atoms with van der Waals surface area (Å²) >= 11 is 0. The number of pyridine rings is 2. The molecule has 7 aromatic rings. The average molecular weight is 834 g/mol. The second-order valence-corrected chi connectivity index (χ2v) is 14.8. The summed E-state index contributed by atoms with van der Waals surface area (Å²) in [5, 5.41) is 0. The third-order valence-corrected chi connectivity index (χ3v) is 11.4. The fraction of sp³-hybridized carbons (Fsp3) is 0.149. The first-order valence-corrected chi connectivity index (χ1v) is 17.5. The molecule has 5 aromatic carbocycles. The molecule has 249 valence electrons. The van der Waals surface area contributed by atoms with E-state index in [0.29, 0.717) is 0 Å². The van der Waals surface area contributed by atoms with Crippen molar-refractivity contribution in [2.75, 3.05) is 4.90 Å². The normalized spacial score (nSPS) is 15.1. The molecule has 0 saturated carbocycles. The van der Waals surface area contributed by atoms with Crippen molar-refractivity contribution >= 4 is 17.1 Å². The number of fused-ring (bicyclic) bond motifs is 1. The van der Waals surface area contributed by atoms with Crippen molar-refractivity contribution < 1.29 is 20.1 Å². The summed E-state index contributed by atoms with van der Waals surface area (Å²) in [5.41, 5.74) is 19.2. The zero-order chi connectivity index (χ0) is 33.8. The molecule has 10 rings (SSSR count). The minimum Gasteiger partial charge on any atom is -0.346 e. The molecule has 0 N–H and O–H groups in total. The largest absolute Gasteiger partial charge is 0.346 e. The van der Waals surface area contributed by atoms with Crippen LogP contribution < -0.4 is 4.90 Å². The standard InChI is InChI=1S/C47H35N3.Ir/c1-46(2)36-19-11-17-34-35-18-12-20-37-43(35)45(42(34)36)44-38(46)27-33(28-39(44)47(37,3)4)50(31-15-9-13-29(25-31)40-21-5-7-23-48-40)32-16-10-14-30(26-32)41-22-6-8-24-49-41;/h5-24,27-28,45H,1-4H3;/q-2;. The molecule has 0 spiro atoms. The first-order valence-electron chi connectivity index (χ1n) is 17.5. The van der Waals surface area contributed by atoms with Crippen molar-refractivity contribution in [3.63, 3.8) is 0 Å². The maximum Gasteiger partial charge on any atom is 0.0434 e. The number of rotatable bonds is 5. The van der Waals surface area contributed by atoms with Crippen molar-refractivity contribution in [2.45, 2.75) is 44.4 Å². The SMILES string of the molecule is CC1(C)c2cccc3c2C2c4c-3cccc4C(C)(C)c3cc(N(c4[c-]c(-c5ccccn5)ccc4)c4[c-]c(-c5ccccn5)ccc4)cc1c32.[Ir]. The molecule has 0 saturated heterocycles. The number of hydrogen-bond donors (Lipinski definition) is 0. The number of hydrogen-bond acceptors (Lipinski definition) is 3. The third-order valence-electron chi connectivity index (χ3n) is 11.4. The molecule has 3 aliphatic carbocycles. The van der Waals surface area contributed by atoms with E-state index >= 15 is 0 Å². The van der Waals surface area contributed by atoms with E-state index in [4.69, 9.17) is 0 Å². The van der Waals surface area contributed by atoms with Crippen LogP contribution in [0.25, 0.3) is 33.6 Å². The van der Waals surface area contributed by atoms with Gasteiger partial charge < -0.3 is 14.9 Å². The second-order valence-electron chi connectivity index (χ2n) is 14.8. The van der Waals surface area contributed by atoms with Gasteiger partial charge >= 0.3 is 0 Å². The molecule has 4 heteroatoms. The zero-order valence-corrected chi connectivity index (χ0v) is 31.3. The Bertz CT molecular complexity index is 2330. The van der Waals surface area contributed by atoms with Crippen LogP contribution in [-0.2, 0) is 30.9 Å². The number of aromatic nitrogens is 2. The Morgan fingerprint density at radius 1 is 0.510 bits per heavy atom. The van der Waals surface area contributed by atoms with Gasteiger partial charge in [-0.15, -0.1) is 59.7 Å². The number of nitrogens with zero attached hydrogens (tertiary/aromatic N) is 3. The van der Waals surface area contributed by atoms with E-state index in [2.05, 4.69) is 140 Å². The fourth-order valence-corrected chi connectivity index (χ4v) is 9.07. The average Bonchev–Trinajstić information content (AvgIpc) is 3.49. The van der Waals surface area contributed by atoms with Gasteiger partial charge in [-0.25, -0.2) is 0 Å². The van der Waals surface area contributed by atoms with Crippen molar-refractivity contribution in [3.8, 4) is 33.6 Å². The molecule has 0 unspecified atom stereocenters. The maximum absolute atomic E-state index is 4.67. The molecule has 2 aromatic heterocycles. The summed E-state index contributed by atoms with van der Waals surface area (Å²) in [6.45, 7) is 9.65. The second kappa shape index (κ2) is 11.4. The van der Waals surface area contributed by atoms with Gasteiger partial charge in [-0.3, -0.25) is 0 Å².